The maximum Gasteiger partial charge on any atom is 0.238 e. The van der Waals surface area contributed by atoms with Gasteiger partial charge in [-0.3, -0.25) is 4.90 Å². The van der Waals surface area contributed by atoms with Crippen LogP contribution >= 0.6 is 15.9 Å². The zero-order chi connectivity index (χ0) is 23.4. The third-order valence-corrected chi connectivity index (χ3v) is 6.26. The van der Waals surface area contributed by atoms with Crippen molar-refractivity contribution >= 4 is 21.9 Å². The summed E-state index contributed by atoms with van der Waals surface area (Å²) < 4.78 is 20.2. The summed E-state index contributed by atoms with van der Waals surface area (Å²) in [7, 11) is 0. The van der Waals surface area contributed by atoms with E-state index in [0.29, 0.717) is 27.6 Å². The van der Waals surface area contributed by atoms with Gasteiger partial charge in [0.1, 0.15) is 11.6 Å². The quantitative estimate of drug-likeness (QED) is 0.456. The minimum atomic E-state index is -0.194. The van der Waals surface area contributed by atoms with Crippen LogP contribution in [0.3, 0.4) is 0 Å². The second-order valence-corrected chi connectivity index (χ2v) is 9.18. The molecule has 4 rings (SSSR count). The minimum absolute atomic E-state index is 0.194. The van der Waals surface area contributed by atoms with E-state index >= 15 is 0 Å². The molecule has 170 valence electrons. The lowest BCUT2D eigenvalue weighted by atomic mass is 10.0. The molecule has 0 saturated carbocycles. The molecule has 33 heavy (non-hydrogen) atoms. The number of piperidine rings is 1. The van der Waals surface area contributed by atoms with Gasteiger partial charge >= 0.3 is 0 Å². The summed E-state index contributed by atoms with van der Waals surface area (Å²) in [6.07, 6.45) is 3.57. The van der Waals surface area contributed by atoms with Gasteiger partial charge < -0.3 is 10.1 Å². The molecular weight excluding hydrogens is 485 g/mol. The molecule has 0 radical (unpaired) electrons. The molecule has 2 aromatic carbocycles. The predicted octanol–water partition coefficient (Wildman–Crippen LogP) is 5.74. The summed E-state index contributed by atoms with van der Waals surface area (Å²) in [5, 5.41) is 12.6. The summed E-state index contributed by atoms with van der Waals surface area (Å²) in [6, 6.07) is 12.8. The first-order chi connectivity index (χ1) is 15.9. The SMILES string of the molecule is Cc1cc(C#N)cc(C)c1Oc1nc(NC2CCN(Cc3cccc(F)c3)CC2)ncc1Br. The van der Waals surface area contributed by atoms with E-state index in [4.69, 9.17) is 10.00 Å². The Hall–Kier alpha value is -3.02. The van der Waals surface area contributed by atoms with Crippen molar-refractivity contribution in [1.29, 1.82) is 5.26 Å². The fourth-order valence-electron chi connectivity index (χ4n) is 4.08. The molecule has 0 unspecified atom stereocenters. The highest BCUT2D eigenvalue weighted by atomic mass is 79.9. The summed E-state index contributed by atoms with van der Waals surface area (Å²) >= 11 is 3.47. The lowest BCUT2D eigenvalue weighted by Crippen LogP contribution is -2.39. The molecule has 1 aliphatic heterocycles. The molecule has 0 atom stereocenters. The van der Waals surface area contributed by atoms with Crippen molar-refractivity contribution in [1.82, 2.24) is 14.9 Å². The van der Waals surface area contributed by atoms with E-state index in [1.165, 1.54) is 6.07 Å². The van der Waals surface area contributed by atoms with E-state index in [9.17, 15) is 4.39 Å². The molecule has 0 aliphatic carbocycles. The van der Waals surface area contributed by atoms with Gasteiger partial charge in [-0.15, -0.1) is 0 Å². The molecule has 8 heteroatoms. The first kappa shape index (κ1) is 23.1. The highest BCUT2D eigenvalue weighted by Gasteiger charge is 2.21. The van der Waals surface area contributed by atoms with Crippen molar-refractivity contribution in [2.45, 2.75) is 39.3 Å². The monoisotopic (exact) mass is 509 g/mol. The number of benzene rings is 2. The highest BCUT2D eigenvalue weighted by Crippen LogP contribution is 2.33. The summed E-state index contributed by atoms with van der Waals surface area (Å²) in [6.45, 7) is 6.40. The van der Waals surface area contributed by atoms with Crippen LogP contribution in [0.5, 0.6) is 11.6 Å². The summed E-state index contributed by atoms with van der Waals surface area (Å²) in [5.41, 5.74) is 3.34. The molecule has 3 aromatic rings. The van der Waals surface area contributed by atoms with Crippen molar-refractivity contribution in [2.24, 2.45) is 0 Å². The lowest BCUT2D eigenvalue weighted by molar-refractivity contribution is 0.211. The number of likely N-dealkylation sites (tertiary alicyclic amines) is 1. The Balaban J connectivity index is 1.38. The molecule has 0 bridgehead atoms. The number of hydrogen-bond donors (Lipinski definition) is 1. The van der Waals surface area contributed by atoms with Crippen LogP contribution < -0.4 is 10.1 Å². The van der Waals surface area contributed by atoms with Crippen molar-refractivity contribution < 1.29 is 9.13 Å². The Labute approximate surface area is 201 Å². The Morgan fingerprint density at radius 1 is 1.21 bits per heavy atom. The Kier molecular flexibility index (Phi) is 7.21. The van der Waals surface area contributed by atoms with Crippen LogP contribution in [-0.2, 0) is 6.54 Å². The molecule has 1 fully saturated rings. The number of hydrogen-bond acceptors (Lipinski definition) is 6. The van der Waals surface area contributed by atoms with Crippen molar-refractivity contribution in [2.75, 3.05) is 18.4 Å². The number of rotatable bonds is 6. The van der Waals surface area contributed by atoms with Crippen LogP contribution in [-0.4, -0.2) is 34.0 Å². The standard InChI is InChI=1S/C25H25BrFN5O/c1-16-10-19(13-28)11-17(2)23(16)33-24-22(26)14-29-25(31-24)30-21-6-8-32(9-7-21)15-18-4-3-5-20(27)12-18/h3-5,10-12,14,21H,6-9,15H2,1-2H3,(H,29,30,31). The Morgan fingerprint density at radius 3 is 2.61 bits per heavy atom. The third-order valence-electron chi connectivity index (χ3n) is 5.72. The second-order valence-electron chi connectivity index (χ2n) is 8.32. The predicted molar refractivity (Wildman–Crippen MR) is 129 cm³/mol. The lowest BCUT2D eigenvalue weighted by Gasteiger charge is -2.32. The van der Waals surface area contributed by atoms with Gasteiger partial charge in [0.2, 0.25) is 11.8 Å². The van der Waals surface area contributed by atoms with Gasteiger partial charge in [-0.25, -0.2) is 9.37 Å². The number of nitrogens with one attached hydrogen (secondary N) is 1. The number of aryl methyl sites for hydroxylation is 2. The Bertz CT molecular complexity index is 1160. The average Bonchev–Trinajstić information content (AvgIpc) is 2.79. The molecule has 1 saturated heterocycles. The minimum Gasteiger partial charge on any atom is -0.437 e. The smallest absolute Gasteiger partial charge is 0.238 e. The van der Waals surface area contributed by atoms with Gasteiger partial charge in [0.25, 0.3) is 0 Å². The maximum atomic E-state index is 13.4. The summed E-state index contributed by atoms with van der Waals surface area (Å²) in [5.74, 6) is 1.43. The van der Waals surface area contributed by atoms with Crippen LogP contribution in [0.15, 0.2) is 47.1 Å². The largest absolute Gasteiger partial charge is 0.437 e. The second kappa shape index (κ2) is 10.3. The van der Waals surface area contributed by atoms with Crippen molar-refractivity contribution in [3.63, 3.8) is 0 Å². The zero-order valence-electron chi connectivity index (χ0n) is 18.6. The molecule has 1 aliphatic rings. The van der Waals surface area contributed by atoms with E-state index in [2.05, 4.69) is 42.2 Å². The van der Waals surface area contributed by atoms with Gasteiger partial charge in [-0.2, -0.15) is 10.2 Å². The highest BCUT2D eigenvalue weighted by molar-refractivity contribution is 9.10. The number of nitrogens with zero attached hydrogens (tertiary/aromatic N) is 4. The van der Waals surface area contributed by atoms with Crippen LogP contribution in [0.2, 0.25) is 0 Å². The number of aromatic nitrogens is 2. The van der Waals surface area contributed by atoms with Gasteiger partial charge in [-0.05, 0) is 83.6 Å². The summed E-state index contributed by atoms with van der Waals surface area (Å²) in [4.78, 5) is 11.3. The van der Waals surface area contributed by atoms with Gasteiger partial charge in [0.05, 0.1) is 22.3 Å². The van der Waals surface area contributed by atoms with Crippen molar-refractivity contribution in [3.05, 3.63) is 75.1 Å². The third kappa shape index (κ3) is 5.86. The van der Waals surface area contributed by atoms with Gasteiger partial charge in [0.15, 0.2) is 0 Å². The first-order valence-electron chi connectivity index (χ1n) is 10.9. The van der Waals surface area contributed by atoms with E-state index in [1.807, 2.05) is 19.9 Å². The first-order valence-corrected chi connectivity index (χ1v) is 11.7. The fourth-order valence-corrected chi connectivity index (χ4v) is 4.35. The maximum absolute atomic E-state index is 13.4. The Morgan fingerprint density at radius 2 is 1.94 bits per heavy atom. The van der Waals surface area contributed by atoms with Gasteiger partial charge in [0, 0.05) is 25.7 Å². The number of nitriles is 1. The molecular formula is C25H25BrFN5O. The van der Waals surface area contributed by atoms with Gasteiger partial charge in [-0.1, -0.05) is 12.1 Å². The van der Waals surface area contributed by atoms with Crippen LogP contribution in [0.25, 0.3) is 0 Å². The topological polar surface area (TPSA) is 74.1 Å². The van der Waals surface area contributed by atoms with Crippen molar-refractivity contribution in [3.8, 4) is 17.7 Å². The fraction of sp³-hybridized carbons (Fsp3) is 0.320. The average molecular weight is 510 g/mol. The van der Waals surface area contributed by atoms with E-state index in [0.717, 1.165) is 49.2 Å². The van der Waals surface area contributed by atoms with Crippen LogP contribution in [0, 0.1) is 31.0 Å². The zero-order valence-corrected chi connectivity index (χ0v) is 20.2. The normalized spacial score (nSPS) is 14.6. The molecule has 0 amide bonds. The van der Waals surface area contributed by atoms with E-state index < -0.39 is 0 Å². The number of ether oxygens (including phenoxy) is 1. The van der Waals surface area contributed by atoms with E-state index in [1.54, 1.807) is 30.5 Å². The number of halogens is 2. The van der Waals surface area contributed by atoms with Crippen LogP contribution in [0.1, 0.15) is 35.1 Å². The number of anilines is 1. The molecule has 0 spiro atoms. The molecule has 1 N–H and O–H groups in total. The molecule has 1 aromatic heterocycles. The molecule has 6 nitrogen and oxygen atoms in total. The molecule has 2 heterocycles. The van der Waals surface area contributed by atoms with Crippen LogP contribution in [0.4, 0.5) is 10.3 Å². The van der Waals surface area contributed by atoms with E-state index in [-0.39, 0.29) is 11.9 Å².